The van der Waals surface area contributed by atoms with Crippen LogP contribution in [-0.2, 0) is 12.8 Å². The molecule has 1 aromatic carbocycles. The molecule has 0 unspecified atom stereocenters. The fraction of sp³-hybridized carbons (Fsp3) is 0.429. The fourth-order valence-electron chi connectivity index (χ4n) is 2.10. The first-order valence-electron chi connectivity index (χ1n) is 5.56. The molecule has 2 rings (SSSR count). The lowest BCUT2D eigenvalue weighted by atomic mass is 9.99. The molecule has 0 heterocycles. The van der Waals surface area contributed by atoms with Crippen LogP contribution < -0.4 is 0 Å². The van der Waals surface area contributed by atoms with Crippen molar-refractivity contribution in [1.29, 1.82) is 0 Å². The van der Waals surface area contributed by atoms with Crippen LogP contribution in [0.3, 0.4) is 0 Å². The quantitative estimate of drug-likeness (QED) is 0.621. The molecule has 0 aromatic heterocycles. The Morgan fingerprint density at radius 2 is 1.93 bits per heavy atom. The third kappa shape index (κ3) is 1.89. The average Bonchev–Trinajstić information content (AvgIpc) is 2.69. The summed E-state index contributed by atoms with van der Waals surface area (Å²) >= 11 is 0. The molecule has 1 aromatic rings. The topological polar surface area (TPSA) is 0 Å². The highest BCUT2D eigenvalue weighted by molar-refractivity contribution is 5.59. The summed E-state index contributed by atoms with van der Waals surface area (Å²) in [5, 5.41) is 0. The Balaban J connectivity index is 0.000000461. The highest BCUT2D eigenvalue weighted by Crippen LogP contribution is 2.28. The largest absolute Gasteiger partial charge is 0.0984 e. The Hall–Kier alpha value is -1.04. The van der Waals surface area contributed by atoms with E-state index in [0.29, 0.717) is 0 Å². The van der Waals surface area contributed by atoms with Gasteiger partial charge in [-0.25, -0.2) is 0 Å². The van der Waals surface area contributed by atoms with Crippen molar-refractivity contribution < 1.29 is 0 Å². The zero-order chi connectivity index (χ0) is 10.6. The van der Waals surface area contributed by atoms with Crippen molar-refractivity contribution in [1.82, 2.24) is 0 Å². The van der Waals surface area contributed by atoms with Crippen molar-refractivity contribution in [3.8, 4) is 0 Å². The van der Waals surface area contributed by atoms with Crippen molar-refractivity contribution in [3.63, 3.8) is 0 Å². The van der Waals surface area contributed by atoms with Gasteiger partial charge in [-0.2, -0.15) is 0 Å². The molecular formula is C14H20. The molecular weight excluding hydrogens is 168 g/mol. The van der Waals surface area contributed by atoms with E-state index in [1.807, 2.05) is 19.9 Å². The van der Waals surface area contributed by atoms with Crippen LogP contribution in [0.5, 0.6) is 0 Å². The lowest BCUT2D eigenvalue weighted by Gasteiger charge is -2.07. The van der Waals surface area contributed by atoms with Gasteiger partial charge in [0.2, 0.25) is 0 Å². The van der Waals surface area contributed by atoms with E-state index >= 15 is 0 Å². The van der Waals surface area contributed by atoms with Crippen LogP contribution in [0.2, 0.25) is 0 Å². The van der Waals surface area contributed by atoms with E-state index in [4.69, 9.17) is 0 Å². The standard InChI is InChI=1S/C12H14.C2H6/c1-3-11-9(2)7-8-10-5-4-6-12(10)11;1-2/h3,7-8H,1,4-6H2,2H3;1-2H3. The predicted octanol–water partition coefficient (Wildman–Crippen LogP) is 4.15. The molecule has 0 bridgehead atoms. The van der Waals surface area contributed by atoms with Crippen molar-refractivity contribution in [2.45, 2.75) is 40.0 Å². The van der Waals surface area contributed by atoms with Gasteiger partial charge in [0.1, 0.15) is 0 Å². The smallest absolute Gasteiger partial charge is 0.0198 e. The van der Waals surface area contributed by atoms with Crippen molar-refractivity contribution in [2.75, 3.05) is 0 Å². The average molecular weight is 188 g/mol. The molecule has 0 N–H and O–H groups in total. The molecule has 0 nitrogen and oxygen atoms in total. The van der Waals surface area contributed by atoms with Crippen LogP contribution in [0.15, 0.2) is 18.7 Å². The summed E-state index contributed by atoms with van der Waals surface area (Å²) in [5.74, 6) is 0. The predicted molar refractivity (Wildman–Crippen MR) is 64.6 cm³/mol. The highest BCUT2D eigenvalue weighted by Gasteiger charge is 2.13. The van der Waals surface area contributed by atoms with E-state index in [-0.39, 0.29) is 0 Å². The Morgan fingerprint density at radius 1 is 1.21 bits per heavy atom. The van der Waals surface area contributed by atoms with Crippen molar-refractivity contribution in [3.05, 3.63) is 41.0 Å². The van der Waals surface area contributed by atoms with Crippen LogP contribution in [0, 0.1) is 6.92 Å². The first kappa shape index (κ1) is 11.0. The molecule has 1 aliphatic carbocycles. The molecule has 0 spiro atoms. The number of benzene rings is 1. The summed E-state index contributed by atoms with van der Waals surface area (Å²) in [4.78, 5) is 0. The second kappa shape index (κ2) is 4.99. The number of fused-ring (bicyclic) bond motifs is 1. The molecule has 0 saturated carbocycles. The molecule has 0 atom stereocenters. The van der Waals surface area contributed by atoms with E-state index in [9.17, 15) is 0 Å². The highest BCUT2D eigenvalue weighted by atomic mass is 14.2. The minimum atomic E-state index is 1.25. The number of rotatable bonds is 1. The van der Waals surface area contributed by atoms with Crippen LogP contribution in [-0.4, -0.2) is 0 Å². The Labute approximate surface area is 87.7 Å². The first-order chi connectivity index (χ1) is 6.83. The Bertz CT molecular complexity index is 321. The monoisotopic (exact) mass is 188 g/mol. The summed E-state index contributed by atoms with van der Waals surface area (Å²) < 4.78 is 0. The fourth-order valence-corrected chi connectivity index (χ4v) is 2.10. The molecule has 1 aliphatic rings. The van der Waals surface area contributed by atoms with E-state index in [2.05, 4.69) is 25.6 Å². The van der Waals surface area contributed by atoms with Gasteiger partial charge in [0.15, 0.2) is 0 Å². The van der Waals surface area contributed by atoms with E-state index < -0.39 is 0 Å². The van der Waals surface area contributed by atoms with Gasteiger partial charge in [-0.3, -0.25) is 0 Å². The SMILES string of the molecule is C=Cc1c(C)ccc2c1CCC2.CC. The van der Waals surface area contributed by atoms with Crippen LogP contribution >= 0.6 is 0 Å². The molecule has 0 aliphatic heterocycles. The minimum absolute atomic E-state index is 1.25. The molecule has 0 amide bonds. The maximum absolute atomic E-state index is 3.87. The second-order valence-electron chi connectivity index (χ2n) is 3.49. The zero-order valence-corrected chi connectivity index (χ0v) is 9.56. The second-order valence-corrected chi connectivity index (χ2v) is 3.49. The van der Waals surface area contributed by atoms with Crippen LogP contribution in [0.4, 0.5) is 0 Å². The molecule has 0 fully saturated rings. The van der Waals surface area contributed by atoms with Crippen LogP contribution in [0.1, 0.15) is 42.5 Å². The van der Waals surface area contributed by atoms with Gasteiger partial charge >= 0.3 is 0 Å². The molecule has 0 radical (unpaired) electrons. The van der Waals surface area contributed by atoms with Crippen molar-refractivity contribution in [2.24, 2.45) is 0 Å². The first-order valence-corrected chi connectivity index (χ1v) is 5.56. The Kier molecular flexibility index (Phi) is 3.94. The maximum Gasteiger partial charge on any atom is -0.0198 e. The third-order valence-electron chi connectivity index (χ3n) is 2.75. The summed E-state index contributed by atoms with van der Waals surface area (Å²) in [7, 11) is 0. The van der Waals surface area contributed by atoms with Gasteiger partial charge in [-0.1, -0.05) is 38.6 Å². The van der Waals surface area contributed by atoms with E-state index in [1.165, 1.54) is 36.0 Å². The molecule has 0 saturated heterocycles. The normalized spacial score (nSPS) is 12.8. The summed E-state index contributed by atoms with van der Waals surface area (Å²) in [6.07, 6.45) is 5.83. The van der Waals surface area contributed by atoms with E-state index in [0.717, 1.165) is 0 Å². The number of hydrogen-bond donors (Lipinski definition) is 0. The third-order valence-corrected chi connectivity index (χ3v) is 2.75. The lowest BCUT2D eigenvalue weighted by Crippen LogP contribution is -1.90. The summed E-state index contributed by atoms with van der Waals surface area (Å²) in [6.45, 7) is 10.0. The van der Waals surface area contributed by atoms with Gasteiger partial charge in [-0.05, 0) is 48.4 Å². The minimum Gasteiger partial charge on any atom is -0.0984 e. The summed E-state index contributed by atoms with van der Waals surface area (Å²) in [6, 6.07) is 4.48. The lowest BCUT2D eigenvalue weighted by molar-refractivity contribution is 0.911. The van der Waals surface area contributed by atoms with Gasteiger partial charge in [0, 0.05) is 0 Å². The zero-order valence-electron chi connectivity index (χ0n) is 9.56. The van der Waals surface area contributed by atoms with Crippen molar-refractivity contribution >= 4 is 6.08 Å². The molecule has 0 heteroatoms. The Morgan fingerprint density at radius 3 is 2.57 bits per heavy atom. The molecule has 76 valence electrons. The number of hydrogen-bond acceptors (Lipinski definition) is 0. The van der Waals surface area contributed by atoms with Gasteiger partial charge in [0.05, 0.1) is 0 Å². The van der Waals surface area contributed by atoms with Crippen LogP contribution in [0.25, 0.3) is 6.08 Å². The van der Waals surface area contributed by atoms with E-state index in [1.54, 1.807) is 5.56 Å². The molecule has 14 heavy (non-hydrogen) atoms. The maximum atomic E-state index is 3.87. The number of aryl methyl sites for hydroxylation is 2. The summed E-state index contributed by atoms with van der Waals surface area (Å²) in [5.41, 5.74) is 5.83. The van der Waals surface area contributed by atoms with Gasteiger partial charge in [-0.15, -0.1) is 0 Å². The van der Waals surface area contributed by atoms with Gasteiger partial charge in [0.25, 0.3) is 0 Å². The van der Waals surface area contributed by atoms with Gasteiger partial charge < -0.3 is 0 Å².